The Morgan fingerprint density at radius 3 is 2.41 bits per heavy atom. The Hall–Kier alpha value is -0.360. The lowest BCUT2D eigenvalue weighted by Crippen LogP contribution is -2.60. The summed E-state index contributed by atoms with van der Waals surface area (Å²) in [6.45, 7) is 7.74. The quantitative estimate of drug-likeness (QED) is 0.715. The van der Waals surface area contributed by atoms with Crippen LogP contribution in [0, 0.1) is 0 Å². The van der Waals surface area contributed by atoms with Crippen LogP contribution in [0.1, 0.15) is 13.8 Å². The summed E-state index contributed by atoms with van der Waals surface area (Å²) in [6.07, 6.45) is 0. The van der Waals surface area contributed by atoms with Gasteiger partial charge < -0.3 is 9.84 Å². The molecule has 5 nitrogen and oxygen atoms in total. The Labute approximate surface area is 107 Å². The Morgan fingerprint density at radius 1 is 1.41 bits per heavy atom. The highest BCUT2D eigenvalue weighted by Crippen LogP contribution is 2.19. The van der Waals surface area contributed by atoms with E-state index in [0.717, 1.165) is 19.6 Å². The standard InChI is InChI=1S/C11H21ClN2O3/c1-3-17-11(2,10(15)16)14-8-6-13(5-4-12)7-9-14/h3-9H2,1-2H3,(H,15,16). The molecule has 100 valence electrons. The van der Waals surface area contributed by atoms with Gasteiger partial charge in [-0.2, -0.15) is 0 Å². The van der Waals surface area contributed by atoms with Gasteiger partial charge in [-0.1, -0.05) is 0 Å². The maximum atomic E-state index is 11.3. The summed E-state index contributed by atoms with van der Waals surface area (Å²) in [5.74, 6) is -0.313. The molecule has 1 rings (SSSR count). The highest BCUT2D eigenvalue weighted by Gasteiger charge is 2.41. The van der Waals surface area contributed by atoms with E-state index in [1.807, 2.05) is 11.8 Å². The first kappa shape index (κ1) is 14.7. The fraction of sp³-hybridized carbons (Fsp3) is 0.909. The first-order valence-corrected chi connectivity index (χ1v) is 6.48. The summed E-state index contributed by atoms with van der Waals surface area (Å²) < 4.78 is 5.41. The maximum absolute atomic E-state index is 11.3. The highest BCUT2D eigenvalue weighted by molar-refractivity contribution is 6.18. The molecule has 0 spiro atoms. The van der Waals surface area contributed by atoms with Gasteiger partial charge in [0.1, 0.15) is 0 Å². The second-order valence-corrected chi connectivity index (χ2v) is 4.62. The largest absolute Gasteiger partial charge is 0.478 e. The molecule has 0 aromatic heterocycles. The van der Waals surface area contributed by atoms with E-state index in [1.165, 1.54) is 0 Å². The SMILES string of the molecule is CCOC(C)(C(=O)O)N1CCN(CCCl)CC1. The zero-order valence-electron chi connectivity index (χ0n) is 10.5. The van der Waals surface area contributed by atoms with Gasteiger partial charge in [0.25, 0.3) is 0 Å². The van der Waals surface area contributed by atoms with Gasteiger partial charge in [-0.25, -0.2) is 4.79 Å². The van der Waals surface area contributed by atoms with Gasteiger partial charge in [0.05, 0.1) is 0 Å². The van der Waals surface area contributed by atoms with E-state index in [-0.39, 0.29) is 0 Å². The molecule has 0 saturated carbocycles. The molecular weight excluding hydrogens is 244 g/mol. The predicted molar refractivity (Wildman–Crippen MR) is 66.4 cm³/mol. The van der Waals surface area contributed by atoms with Crippen LogP contribution in [0.2, 0.25) is 0 Å². The number of halogens is 1. The predicted octanol–water partition coefficient (Wildman–Crippen LogP) is 0.680. The topological polar surface area (TPSA) is 53.0 Å². The molecule has 0 radical (unpaired) electrons. The second-order valence-electron chi connectivity index (χ2n) is 4.24. The Kier molecular flexibility index (Phi) is 5.66. The Morgan fingerprint density at radius 2 is 2.00 bits per heavy atom. The second kappa shape index (κ2) is 6.54. The van der Waals surface area contributed by atoms with Crippen molar-refractivity contribution >= 4 is 17.6 Å². The number of hydrogen-bond donors (Lipinski definition) is 1. The molecule has 0 aliphatic carbocycles. The first-order valence-electron chi connectivity index (χ1n) is 5.95. The van der Waals surface area contributed by atoms with Crippen LogP contribution in [0.3, 0.4) is 0 Å². The van der Waals surface area contributed by atoms with Crippen molar-refractivity contribution in [3.05, 3.63) is 0 Å². The third-order valence-electron chi connectivity index (χ3n) is 3.20. The molecule has 0 bridgehead atoms. The molecule has 1 unspecified atom stereocenters. The molecule has 1 aliphatic rings. The van der Waals surface area contributed by atoms with Crippen LogP contribution in [0.4, 0.5) is 0 Å². The molecule has 0 amide bonds. The van der Waals surface area contributed by atoms with Crippen LogP contribution in [0.15, 0.2) is 0 Å². The third kappa shape index (κ3) is 3.55. The molecule has 1 atom stereocenters. The molecule has 1 N–H and O–H groups in total. The molecule has 6 heteroatoms. The molecule has 1 heterocycles. The summed E-state index contributed by atoms with van der Waals surface area (Å²) in [5, 5.41) is 9.28. The van der Waals surface area contributed by atoms with Gasteiger partial charge >= 0.3 is 5.97 Å². The number of hydrogen-bond acceptors (Lipinski definition) is 4. The molecule has 1 fully saturated rings. The van der Waals surface area contributed by atoms with E-state index in [9.17, 15) is 9.90 Å². The van der Waals surface area contributed by atoms with Crippen LogP contribution >= 0.6 is 11.6 Å². The van der Waals surface area contributed by atoms with Crippen molar-refractivity contribution < 1.29 is 14.6 Å². The van der Waals surface area contributed by atoms with Gasteiger partial charge in [0.15, 0.2) is 0 Å². The van der Waals surface area contributed by atoms with Crippen LogP contribution in [-0.2, 0) is 9.53 Å². The molecule has 0 aromatic rings. The Bertz CT molecular complexity index is 257. The minimum atomic E-state index is -1.21. The number of alkyl halides is 1. The van der Waals surface area contributed by atoms with Gasteiger partial charge in [-0.3, -0.25) is 9.80 Å². The minimum absolute atomic E-state index is 0.394. The smallest absolute Gasteiger partial charge is 0.351 e. The minimum Gasteiger partial charge on any atom is -0.478 e. The number of piperazine rings is 1. The van der Waals surface area contributed by atoms with Crippen LogP contribution < -0.4 is 0 Å². The average Bonchev–Trinajstić information content (AvgIpc) is 2.30. The van der Waals surface area contributed by atoms with Crippen molar-refractivity contribution in [1.82, 2.24) is 9.80 Å². The fourth-order valence-electron chi connectivity index (χ4n) is 2.09. The summed E-state index contributed by atoms with van der Waals surface area (Å²) in [5.41, 5.74) is -1.21. The normalized spacial score (nSPS) is 22.3. The average molecular weight is 265 g/mol. The molecule has 1 aliphatic heterocycles. The van der Waals surface area contributed by atoms with Crippen molar-refractivity contribution in [2.45, 2.75) is 19.6 Å². The number of carboxylic acids is 1. The van der Waals surface area contributed by atoms with E-state index < -0.39 is 11.7 Å². The van der Waals surface area contributed by atoms with Crippen molar-refractivity contribution in [2.24, 2.45) is 0 Å². The van der Waals surface area contributed by atoms with E-state index in [4.69, 9.17) is 16.3 Å². The van der Waals surface area contributed by atoms with Crippen molar-refractivity contribution in [3.8, 4) is 0 Å². The van der Waals surface area contributed by atoms with Gasteiger partial charge in [0.2, 0.25) is 5.72 Å². The number of ether oxygens (including phenoxy) is 1. The number of carboxylic acid groups (broad SMARTS) is 1. The number of carbonyl (C=O) groups is 1. The lowest BCUT2D eigenvalue weighted by Gasteiger charge is -2.42. The van der Waals surface area contributed by atoms with Crippen LogP contribution in [0.5, 0.6) is 0 Å². The summed E-state index contributed by atoms with van der Waals surface area (Å²) in [6, 6.07) is 0. The highest BCUT2D eigenvalue weighted by atomic mass is 35.5. The number of nitrogens with zero attached hydrogens (tertiary/aromatic N) is 2. The first-order chi connectivity index (χ1) is 8.04. The van der Waals surface area contributed by atoms with Crippen molar-refractivity contribution in [3.63, 3.8) is 0 Å². The van der Waals surface area contributed by atoms with Crippen molar-refractivity contribution in [2.75, 3.05) is 45.2 Å². The lowest BCUT2D eigenvalue weighted by molar-refractivity contribution is -0.195. The number of rotatable bonds is 6. The van der Waals surface area contributed by atoms with E-state index >= 15 is 0 Å². The van der Waals surface area contributed by atoms with Gasteiger partial charge in [-0.15, -0.1) is 11.6 Å². The van der Waals surface area contributed by atoms with Crippen LogP contribution in [0.25, 0.3) is 0 Å². The molecule has 17 heavy (non-hydrogen) atoms. The molecule has 1 saturated heterocycles. The fourth-order valence-corrected chi connectivity index (χ4v) is 2.33. The lowest BCUT2D eigenvalue weighted by atomic mass is 10.1. The summed E-state index contributed by atoms with van der Waals surface area (Å²) in [4.78, 5) is 15.4. The third-order valence-corrected chi connectivity index (χ3v) is 3.37. The van der Waals surface area contributed by atoms with Gasteiger partial charge in [-0.05, 0) is 13.8 Å². The summed E-state index contributed by atoms with van der Waals surface area (Å²) >= 11 is 5.69. The molecule has 0 aromatic carbocycles. The molecular formula is C11H21ClN2O3. The number of aliphatic carboxylic acids is 1. The Balaban J connectivity index is 2.58. The van der Waals surface area contributed by atoms with E-state index in [1.54, 1.807) is 6.92 Å². The monoisotopic (exact) mass is 264 g/mol. The van der Waals surface area contributed by atoms with E-state index in [2.05, 4.69) is 4.90 Å². The zero-order valence-corrected chi connectivity index (χ0v) is 11.2. The maximum Gasteiger partial charge on any atom is 0.351 e. The van der Waals surface area contributed by atoms with E-state index in [0.29, 0.717) is 25.6 Å². The summed E-state index contributed by atoms with van der Waals surface area (Å²) in [7, 11) is 0. The van der Waals surface area contributed by atoms with Crippen LogP contribution in [-0.4, -0.2) is 71.8 Å². The van der Waals surface area contributed by atoms with Crippen molar-refractivity contribution in [1.29, 1.82) is 0 Å². The zero-order chi connectivity index (χ0) is 12.9. The van der Waals surface area contributed by atoms with Gasteiger partial charge in [0, 0.05) is 45.2 Å².